The molecule has 1 aromatic rings. The van der Waals surface area contributed by atoms with Gasteiger partial charge in [0.2, 0.25) is 5.12 Å². The maximum Gasteiger partial charge on any atom is 0.201 e. The number of hydrogen-bond acceptors (Lipinski definition) is 4. The Morgan fingerprint density at radius 2 is 2.00 bits per heavy atom. The van der Waals surface area contributed by atoms with Crippen LogP contribution >= 0.6 is 11.8 Å². The van der Waals surface area contributed by atoms with Gasteiger partial charge in [-0.15, -0.1) is 0 Å². The average Bonchev–Trinajstić information content (AvgIpc) is 2.91. The number of ketones is 1. The van der Waals surface area contributed by atoms with Crippen molar-refractivity contribution < 1.29 is 14.3 Å². The van der Waals surface area contributed by atoms with Crippen molar-refractivity contribution >= 4 is 28.7 Å². The Kier molecular flexibility index (Phi) is 6.35. The lowest BCUT2D eigenvalue weighted by atomic mass is 9.86. The second-order valence-corrected chi connectivity index (χ2v) is 8.20. The molecule has 1 heterocycles. The van der Waals surface area contributed by atoms with Crippen molar-refractivity contribution in [1.82, 2.24) is 0 Å². The number of carbonyl (C=O) groups excluding carboxylic acids is 2. The molecule has 0 aromatic heterocycles. The lowest BCUT2D eigenvalue weighted by Crippen LogP contribution is -2.08. The SMILES string of the molecule is Cc1cc(/C=C2\SC(=O)CC2=O)ccc1OCCCC1CCCCC1. The van der Waals surface area contributed by atoms with Crippen LogP contribution in [-0.2, 0) is 9.59 Å². The van der Waals surface area contributed by atoms with Crippen molar-refractivity contribution in [1.29, 1.82) is 0 Å². The summed E-state index contributed by atoms with van der Waals surface area (Å²) in [4.78, 5) is 23.6. The zero-order valence-electron chi connectivity index (χ0n) is 14.9. The normalized spacial score (nSPS) is 20.4. The molecule has 134 valence electrons. The molecule has 0 amide bonds. The highest BCUT2D eigenvalue weighted by Gasteiger charge is 2.25. The van der Waals surface area contributed by atoms with Gasteiger partial charge in [0.05, 0.1) is 17.9 Å². The molecule has 0 unspecified atom stereocenters. The van der Waals surface area contributed by atoms with E-state index < -0.39 is 0 Å². The van der Waals surface area contributed by atoms with Crippen LogP contribution < -0.4 is 4.74 Å². The van der Waals surface area contributed by atoms with E-state index in [2.05, 4.69) is 0 Å². The summed E-state index contributed by atoms with van der Waals surface area (Å²) in [6.07, 6.45) is 11.2. The van der Waals surface area contributed by atoms with Crippen LogP contribution in [0, 0.1) is 12.8 Å². The van der Waals surface area contributed by atoms with Gasteiger partial charge in [0.15, 0.2) is 5.78 Å². The summed E-state index contributed by atoms with van der Waals surface area (Å²) < 4.78 is 5.94. The van der Waals surface area contributed by atoms with Crippen molar-refractivity contribution in [2.45, 2.75) is 58.3 Å². The molecule has 0 bridgehead atoms. The zero-order valence-corrected chi connectivity index (χ0v) is 15.7. The van der Waals surface area contributed by atoms with Gasteiger partial charge in [0.1, 0.15) is 5.75 Å². The predicted molar refractivity (Wildman–Crippen MR) is 103 cm³/mol. The third kappa shape index (κ3) is 5.21. The fourth-order valence-corrected chi connectivity index (χ4v) is 4.48. The van der Waals surface area contributed by atoms with E-state index in [0.29, 0.717) is 4.91 Å². The number of thioether (sulfide) groups is 1. The van der Waals surface area contributed by atoms with E-state index >= 15 is 0 Å². The van der Waals surface area contributed by atoms with Gasteiger partial charge in [-0.25, -0.2) is 0 Å². The molecular formula is C21H26O3S. The summed E-state index contributed by atoms with van der Waals surface area (Å²) in [6.45, 7) is 2.79. The van der Waals surface area contributed by atoms with E-state index in [0.717, 1.165) is 47.6 Å². The van der Waals surface area contributed by atoms with Gasteiger partial charge in [-0.2, -0.15) is 0 Å². The monoisotopic (exact) mass is 358 g/mol. The molecule has 1 saturated carbocycles. The van der Waals surface area contributed by atoms with E-state index in [1.165, 1.54) is 38.5 Å². The highest BCUT2D eigenvalue weighted by atomic mass is 32.2. The second kappa shape index (κ2) is 8.70. The Morgan fingerprint density at radius 3 is 2.68 bits per heavy atom. The summed E-state index contributed by atoms with van der Waals surface area (Å²) in [6, 6.07) is 5.93. The van der Waals surface area contributed by atoms with Crippen LogP contribution in [0.4, 0.5) is 0 Å². The molecule has 0 atom stereocenters. The number of aryl methyl sites for hydroxylation is 1. The smallest absolute Gasteiger partial charge is 0.201 e. The van der Waals surface area contributed by atoms with Crippen molar-refractivity contribution in [3.63, 3.8) is 0 Å². The fourth-order valence-electron chi connectivity index (χ4n) is 3.65. The molecule has 0 spiro atoms. The van der Waals surface area contributed by atoms with Crippen molar-refractivity contribution in [2.24, 2.45) is 5.92 Å². The standard InChI is InChI=1S/C21H26O3S/c1-15-12-17(13-20-18(22)14-21(23)25-20)9-10-19(15)24-11-5-8-16-6-3-2-4-7-16/h9-10,12-13,16H,2-8,11,14H2,1H3/b20-13-. The van der Waals surface area contributed by atoms with Crippen LogP contribution in [0.25, 0.3) is 6.08 Å². The fraction of sp³-hybridized carbons (Fsp3) is 0.524. The van der Waals surface area contributed by atoms with Crippen molar-refractivity contribution in [3.8, 4) is 5.75 Å². The maximum absolute atomic E-state index is 11.7. The van der Waals surface area contributed by atoms with Crippen molar-refractivity contribution in [3.05, 3.63) is 34.2 Å². The lowest BCUT2D eigenvalue weighted by molar-refractivity contribution is -0.119. The molecule has 1 aromatic carbocycles. The van der Waals surface area contributed by atoms with Gasteiger partial charge >= 0.3 is 0 Å². The Bertz CT molecular complexity index is 672. The number of ether oxygens (including phenoxy) is 1. The molecule has 2 fully saturated rings. The average molecular weight is 359 g/mol. The van der Waals surface area contributed by atoms with E-state index in [-0.39, 0.29) is 17.3 Å². The molecule has 1 aliphatic heterocycles. The first-order valence-corrected chi connectivity index (χ1v) is 10.1. The first kappa shape index (κ1) is 18.2. The van der Waals surface area contributed by atoms with Gasteiger partial charge in [-0.1, -0.05) is 38.2 Å². The Balaban J connectivity index is 1.50. The van der Waals surface area contributed by atoms with E-state index in [1.54, 1.807) is 6.08 Å². The molecule has 0 N–H and O–H groups in total. The first-order chi connectivity index (χ1) is 12.1. The largest absolute Gasteiger partial charge is 0.493 e. The summed E-state index contributed by atoms with van der Waals surface area (Å²) in [5.41, 5.74) is 2.01. The van der Waals surface area contributed by atoms with Crippen LogP contribution in [0.3, 0.4) is 0 Å². The predicted octanol–water partition coefficient (Wildman–Crippen LogP) is 5.31. The third-order valence-corrected chi connectivity index (χ3v) is 5.98. The summed E-state index contributed by atoms with van der Waals surface area (Å²) in [7, 11) is 0. The quantitative estimate of drug-likeness (QED) is 0.393. The lowest BCUT2D eigenvalue weighted by Gasteiger charge is -2.21. The third-order valence-electron chi connectivity index (χ3n) is 5.04. The number of benzene rings is 1. The van der Waals surface area contributed by atoms with Crippen LogP contribution in [0.1, 0.15) is 62.5 Å². The minimum absolute atomic E-state index is 0.0255. The van der Waals surface area contributed by atoms with Crippen LogP contribution in [0.5, 0.6) is 5.75 Å². The van der Waals surface area contributed by atoms with E-state index in [9.17, 15) is 9.59 Å². The van der Waals surface area contributed by atoms with Crippen LogP contribution in [-0.4, -0.2) is 17.5 Å². The van der Waals surface area contributed by atoms with Gasteiger partial charge in [-0.3, -0.25) is 9.59 Å². The van der Waals surface area contributed by atoms with Crippen LogP contribution in [0.15, 0.2) is 23.1 Å². The number of rotatable bonds is 6. The summed E-state index contributed by atoms with van der Waals surface area (Å²) in [5, 5.41) is -0.0640. The summed E-state index contributed by atoms with van der Waals surface area (Å²) >= 11 is 1.05. The molecule has 1 aliphatic carbocycles. The first-order valence-electron chi connectivity index (χ1n) is 9.31. The van der Waals surface area contributed by atoms with Gasteiger partial charge in [0, 0.05) is 0 Å². The molecular weight excluding hydrogens is 332 g/mol. The second-order valence-electron chi connectivity index (χ2n) is 7.10. The maximum atomic E-state index is 11.7. The molecule has 3 rings (SSSR count). The number of allylic oxidation sites excluding steroid dienone is 1. The Labute approximate surface area is 154 Å². The molecule has 3 nitrogen and oxygen atoms in total. The summed E-state index contributed by atoms with van der Waals surface area (Å²) in [5.74, 6) is 1.74. The highest BCUT2D eigenvalue weighted by Crippen LogP contribution is 2.31. The minimum Gasteiger partial charge on any atom is -0.493 e. The molecule has 0 radical (unpaired) electrons. The number of hydrogen-bond donors (Lipinski definition) is 0. The molecule has 25 heavy (non-hydrogen) atoms. The number of carbonyl (C=O) groups is 2. The topological polar surface area (TPSA) is 43.4 Å². The number of Topliss-reactive ketones (excluding diaryl/α,β-unsaturated/α-hetero) is 1. The van der Waals surface area contributed by atoms with Crippen LogP contribution in [0.2, 0.25) is 0 Å². The van der Waals surface area contributed by atoms with E-state index in [4.69, 9.17) is 4.74 Å². The Morgan fingerprint density at radius 1 is 1.20 bits per heavy atom. The molecule has 2 aliphatic rings. The van der Waals surface area contributed by atoms with E-state index in [1.807, 2.05) is 25.1 Å². The highest BCUT2D eigenvalue weighted by molar-refractivity contribution is 8.18. The zero-order chi connectivity index (χ0) is 17.6. The van der Waals surface area contributed by atoms with Crippen molar-refractivity contribution in [2.75, 3.05) is 6.61 Å². The van der Waals surface area contributed by atoms with Gasteiger partial charge in [-0.05, 0) is 66.8 Å². The van der Waals surface area contributed by atoms with Gasteiger partial charge in [0.25, 0.3) is 0 Å². The van der Waals surface area contributed by atoms with Gasteiger partial charge < -0.3 is 4.74 Å². The minimum atomic E-state index is -0.0734. The Hall–Kier alpha value is -1.55. The molecule has 4 heteroatoms. The molecule has 1 saturated heterocycles.